The second-order valence-corrected chi connectivity index (χ2v) is 5.12. The average molecular weight is 340 g/mol. The summed E-state index contributed by atoms with van der Waals surface area (Å²) in [6.45, 7) is 17.3. The highest BCUT2D eigenvalue weighted by Gasteiger charge is 1.98. The Hall–Kier alpha value is -2.48. The molecule has 1 heterocycles. The first-order chi connectivity index (χ1) is 12.0. The van der Waals surface area contributed by atoms with Gasteiger partial charge in [-0.1, -0.05) is 62.4 Å². The summed E-state index contributed by atoms with van der Waals surface area (Å²) in [5.41, 5.74) is 6.18. The maximum Gasteiger partial charge on any atom is 0.116 e. The highest BCUT2D eigenvalue weighted by Crippen LogP contribution is 2.20. The number of aromatic nitrogens is 1. The van der Waals surface area contributed by atoms with Crippen LogP contribution in [0, 0.1) is 13.8 Å². The summed E-state index contributed by atoms with van der Waals surface area (Å²) in [5, 5.41) is 0. The molecular weight excluding hydrogens is 306 g/mol. The van der Waals surface area contributed by atoms with E-state index in [2.05, 4.69) is 49.7 Å². The topological polar surface area (TPSA) is 30.0 Å². The molecule has 2 aromatic rings. The Labute approximate surface area is 154 Å². The van der Waals surface area contributed by atoms with Gasteiger partial charge >= 0.3 is 0 Å². The number of hydrogen-bond acceptors (Lipinski definition) is 2. The fraction of sp³-hybridized carbons (Fsp3) is 0.304. The predicted octanol–water partition coefficient (Wildman–Crippen LogP) is 6.74. The van der Waals surface area contributed by atoms with Crippen LogP contribution < -0.4 is 0 Å². The zero-order chi connectivity index (χ0) is 19.7. The number of pyridine rings is 1. The summed E-state index contributed by atoms with van der Waals surface area (Å²) in [4.78, 5) is 12.9. The summed E-state index contributed by atoms with van der Waals surface area (Å²) < 4.78 is 0. The summed E-state index contributed by atoms with van der Waals surface area (Å²) in [6, 6.07) is 10.5. The summed E-state index contributed by atoms with van der Waals surface area (Å²) in [7, 11) is 0. The molecule has 25 heavy (non-hydrogen) atoms. The van der Waals surface area contributed by atoms with E-state index in [4.69, 9.17) is 4.79 Å². The molecule has 0 spiro atoms. The van der Waals surface area contributed by atoms with Gasteiger partial charge in [-0.2, -0.15) is 0 Å². The van der Waals surface area contributed by atoms with Crippen LogP contribution >= 0.6 is 0 Å². The number of hydrogen-bond donors (Lipinski definition) is 0. The van der Waals surface area contributed by atoms with Crippen LogP contribution in [0.3, 0.4) is 0 Å². The number of allylic oxidation sites excluding steroid dienone is 3. The Morgan fingerprint density at radius 3 is 2.00 bits per heavy atom. The lowest BCUT2D eigenvalue weighted by molar-refractivity contribution is -0.106. The van der Waals surface area contributed by atoms with Crippen LogP contribution in [0.5, 0.6) is 0 Å². The number of carbonyl (C=O) groups excluding carboxylic acids is 1. The van der Waals surface area contributed by atoms with Crippen molar-refractivity contribution in [1.82, 2.24) is 4.98 Å². The zero-order valence-corrected chi connectivity index (χ0v) is 16.8. The summed E-state index contributed by atoms with van der Waals surface area (Å²) >= 11 is 0. The number of carbonyl (C=O) groups is 1. The first-order valence-corrected chi connectivity index (χ1v) is 8.61. The van der Waals surface area contributed by atoms with Crippen LogP contribution in [0.25, 0.3) is 11.1 Å². The molecule has 0 unspecified atom stereocenters. The Bertz CT molecular complexity index is 628. The van der Waals surface area contributed by atoms with Gasteiger partial charge in [0.15, 0.2) is 0 Å². The first-order valence-electron chi connectivity index (χ1n) is 8.61. The molecule has 1 aromatic carbocycles. The van der Waals surface area contributed by atoms with Crippen molar-refractivity contribution in [3.05, 3.63) is 78.2 Å². The van der Waals surface area contributed by atoms with Gasteiger partial charge in [0, 0.05) is 12.4 Å². The monoisotopic (exact) mass is 339 g/mol. The van der Waals surface area contributed by atoms with Crippen molar-refractivity contribution in [2.24, 2.45) is 0 Å². The van der Waals surface area contributed by atoms with E-state index in [1.807, 2.05) is 52.1 Å². The fourth-order valence-electron chi connectivity index (χ4n) is 1.74. The highest BCUT2D eigenvalue weighted by molar-refractivity contribution is 5.63. The van der Waals surface area contributed by atoms with Crippen molar-refractivity contribution in [2.45, 2.75) is 48.5 Å². The minimum Gasteiger partial charge on any atom is -0.304 e. The van der Waals surface area contributed by atoms with Crippen LogP contribution in [0.1, 0.15) is 45.7 Å². The van der Waals surface area contributed by atoms with Crippen LogP contribution in [-0.4, -0.2) is 11.3 Å². The van der Waals surface area contributed by atoms with Crippen molar-refractivity contribution in [3.63, 3.8) is 0 Å². The number of nitrogens with zero attached hydrogens (tertiary/aromatic N) is 1. The van der Waals surface area contributed by atoms with Crippen LogP contribution in [-0.2, 0) is 4.79 Å². The molecule has 0 bridgehead atoms. The van der Waals surface area contributed by atoms with Crippen molar-refractivity contribution in [2.75, 3.05) is 0 Å². The third-order valence-electron chi connectivity index (χ3n) is 2.95. The van der Waals surface area contributed by atoms with Gasteiger partial charge in [-0.15, -0.1) is 0 Å². The SMILES string of the molecule is C=C(C)/C=C/C.CC.CC=O.Cc1ccc(-c2cccnc2)cc1C. The molecular formula is C23H33NO. The summed E-state index contributed by atoms with van der Waals surface area (Å²) in [5.74, 6) is 0. The molecule has 2 rings (SSSR count). The van der Waals surface area contributed by atoms with Crippen molar-refractivity contribution >= 4 is 6.29 Å². The van der Waals surface area contributed by atoms with Gasteiger partial charge in [-0.3, -0.25) is 4.98 Å². The minimum atomic E-state index is 0.750. The molecule has 136 valence electrons. The van der Waals surface area contributed by atoms with Gasteiger partial charge in [0.1, 0.15) is 6.29 Å². The molecule has 0 saturated heterocycles. The molecule has 0 saturated carbocycles. The maximum absolute atomic E-state index is 8.81. The van der Waals surface area contributed by atoms with Crippen molar-refractivity contribution < 1.29 is 4.79 Å². The molecule has 0 N–H and O–H groups in total. The third-order valence-corrected chi connectivity index (χ3v) is 2.95. The lowest BCUT2D eigenvalue weighted by Crippen LogP contribution is -1.83. The fourth-order valence-corrected chi connectivity index (χ4v) is 1.74. The second-order valence-electron chi connectivity index (χ2n) is 5.12. The van der Waals surface area contributed by atoms with Crippen molar-refractivity contribution in [3.8, 4) is 11.1 Å². The van der Waals surface area contributed by atoms with E-state index >= 15 is 0 Å². The molecule has 0 radical (unpaired) electrons. The normalized spacial score (nSPS) is 8.76. The summed E-state index contributed by atoms with van der Waals surface area (Å²) in [6.07, 6.45) is 8.39. The first kappa shape index (κ1) is 24.8. The quantitative estimate of drug-likeness (QED) is 0.448. The highest BCUT2D eigenvalue weighted by atomic mass is 16.1. The molecule has 0 aliphatic rings. The molecule has 0 amide bonds. The van der Waals surface area contributed by atoms with E-state index in [0.29, 0.717) is 0 Å². The van der Waals surface area contributed by atoms with Gasteiger partial charge in [0.25, 0.3) is 0 Å². The lowest BCUT2D eigenvalue weighted by atomic mass is 10.0. The molecule has 0 aliphatic heterocycles. The van der Waals surface area contributed by atoms with Crippen LogP contribution in [0.4, 0.5) is 0 Å². The Morgan fingerprint density at radius 1 is 1.04 bits per heavy atom. The van der Waals surface area contributed by atoms with E-state index in [1.54, 1.807) is 6.20 Å². The molecule has 0 atom stereocenters. The second kappa shape index (κ2) is 16.4. The Balaban J connectivity index is 0. The Morgan fingerprint density at radius 2 is 1.64 bits per heavy atom. The average Bonchev–Trinajstić information content (AvgIpc) is 2.61. The van der Waals surface area contributed by atoms with E-state index in [0.717, 1.165) is 11.9 Å². The van der Waals surface area contributed by atoms with Gasteiger partial charge in [0.2, 0.25) is 0 Å². The minimum absolute atomic E-state index is 0.750. The van der Waals surface area contributed by atoms with Gasteiger partial charge in [0.05, 0.1) is 0 Å². The van der Waals surface area contributed by atoms with E-state index in [1.165, 1.54) is 29.2 Å². The molecule has 2 nitrogen and oxygen atoms in total. The Kier molecular flexibility index (Phi) is 16.2. The van der Waals surface area contributed by atoms with E-state index < -0.39 is 0 Å². The molecule has 0 fully saturated rings. The maximum atomic E-state index is 8.81. The van der Waals surface area contributed by atoms with Gasteiger partial charge in [-0.25, -0.2) is 0 Å². The predicted molar refractivity (Wildman–Crippen MR) is 112 cm³/mol. The number of aryl methyl sites for hydroxylation is 2. The van der Waals surface area contributed by atoms with Gasteiger partial charge < -0.3 is 4.79 Å². The smallest absolute Gasteiger partial charge is 0.116 e. The van der Waals surface area contributed by atoms with Crippen molar-refractivity contribution in [1.29, 1.82) is 0 Å². The standard InChI is InChI=1S/C13H13N.C6H10.C2H4O.C2H6/c1-10-5-6-12(8-11(10)2)13-4-3-7-14-9-13;1-4-5-6(2)3;1-2-3;1-2/h3-9H,1-2H3;4-5H,2H2,1,3H3;2H,1H3;1-2H3/b;5-4+;;. The lowest BCUT2D eigenvalue weighted by Gasteiger charge is -2.04. The van der Waals surface area contributed by atoms with Crippen LogP contribution in [0.15, 0.2) is 67.0 Å². The van der Waals surface area contributed by atoms with Gasteiger partial charge in [-0.05, 0) is 62.9 Å². The number of benzene rings is 1. The van der Waals surface area contributed by atoms with Crippen LogP contribution in [0.2, 0.25) is 0 Å². The third kappa shape index (κ3) is 12.6. The zero-order valence-electron chi connectivity index (χ0n) is 16.8. The largest absolute Gasteiger partial charge is 0.304 e. The molecule has 1 aromatic heterocycles. The number of rotatable bonds is 2. The molecule has 0 aliphatic carbocycles. The molecule has 2 heteroatoms. The van der Waals surface area contributed by atoms with E-state index in [9.17, 15) is 0 Å². The number of aldehydes is 1. The van der Waals surface area contributed by atoms with E-state index in [-0.39, 0.29) is 0 Å².